The van der Waals surface area contributed by atoms with Crippen molar-refractivity contribution in [3.63, 3.8) is 0 Å². The number of halogens is 1. The summed E-state index contributed by atoms with van der Waals surface area (Å²) in [6.45, 7) is 1.95. The SMILES string of the molecule is CSc1ncccc1C(=O)Nc1ccc(C)cc1Cl. The van der Waals surface area contributed by atoms with Crippen molar-refractivity contribution in [3.05, 3.63) is 52.7 Å². The standard InChI is InChI=1S/C14H13ClN2OS/c1-9-5-6-12(11(15)8-9)17-13(18)10-4-3-7-16-14(10)19-2/h3-8H,1-2H3,(H,17,18). The van der Waals surface area contributed by atoms with E-state index in [2.05, 4.69) is 10.3 Å². The molecule has 5 heteroatoms. The molecule has 1 heterocycles. The highest BCUT2D eigenvalue weighted by Gasteiger charge is 2.13. The summed E-state index contributed by atoms with van der Waals surface area (Å²) in [5.74, 6) is -0.205. The normalized spacial score (nSPS) is 10.3. The molecule has 1 N–H and O–H groups in total. The van der Waals surface area contributed by atoms with Crippen LogP contribution in [0.25, 0.3) is 0 Å². The second kappa shape index (κ2) is 6.08. The average molecular weight is 293 g/mol. The molecule has 0 aliphatic heterocycles. The second-order valence-electron chi connectivity index (χ2n) is 4.00. The Balaban J connectivity index is 2.26. The van der Waals surface area contributed by atoms with Crippen LogP contribution in [0.3, 0.4) is 0 Å². The van der Waals surface area contributed by atoms with Gasteiger partial charge in [0, 0.05) is 6.20 Å². The summed E-state index contributed by atoms with van der Waals surface area (Å²) < 4.78 is 0. The van der Waals surface area contributed by atoms with Gasteiger partial charge in [-0.05, 0) is 43.0 Å². The molecule has 0 atom stereocenters. The Kier molecular flexibility index (Phi) is 4.45. The van der Waals surface area contributed by atoms with Crippen LogP contribution in [0.5, 0.6) is 0 Å². The number of nitrogens with zero attached hydrogens (tertiary/aromatic N) is 1. The van der Waals surface area contributed by atoms with Crippen LogP contribution in [-0.2, 0) is 0 Å². The van der Waals surface area contributed by atoms with Crippen molar-refractivity contribution in [2.24, 2.45) is 0 Å². The van der Waals surface area contributed by atoms with Crippen LogP contribution in [0.2, 0.25) is 5.02 Å². The van der Waals surface area contributed by atoms with E-state index >= 15 is 0 Å². The maximum atomic E-state index is 12.2. The number of thioether (sulfide) groups is 1. The van der Waals surface area contributed by atoms with E-state index < -0.39 is 0 Å². The lowest BCUT2D eigenvalue weighted by Gasteiger charge is -2.09. The van der Waals surface area contributed by atoms with Gasteiger partial charge >= 0.3 is 0 Å². The predicted octanol–water partition coefficient (Wildman–Crippen LogP) is 4.02. The fourth-order valence-electron chi connectivity index (χ4n) is 1.64. The largest absolute Gasteiger partial charge is 0.321 e. The first-order valence-corrected chi connectivity index (χ1v) is 7.28. The third-order valence-corrected chi connectivity index (χ3v) is 3.61. The molecule has 1 aromatic heterocycles. The Hall–Kier alpha value is -1.52. The molecule has 0 aliphatic carbocycles. The quantitative estimate of drug-likeness (QED) is 0.869. The number of benzene rings is 1. The molecular weight excluding hydrogens is 280 g/mol. The van der Waals surface area contributed by atoms with E-state index in [1.807, 2.05) is 25.3 Å². The Bertz CT molecular complexity index is 616. The van der Waals surface area contributed by atoms with Crippen LogP contribution in [0, 0.1) is 6.92 Å². The molecule has 0 bridgehead atoms. The number of carbonyl (C=O) groups is 1. The molecule has 0 radical (unpaired) electrons. The van der Waals surface area contributed by atoms with Crippen LogP contribution in [0.1, 0.15) is 15.9 Å². The summed E-state index contributed by atoms with van der Waals surface area (Å²) >= 11 is 7.54. The van der Waals surface area contributed by atoms with Gasteiger partial charge in [-0.25, -0.2) is 4.98 Å². The number of pyridine rings is 1. The lowest BCUT2D eigenvalue weighted by atomic mass is 10.2. The third kappa shape index (κ3) is 3.28. The Morgan fingerprint density at radius 3 is 2.84 bits per heavy atom. The van der Waals surface area contributed by atoms with Gasteiger partial charge in [-0.2, -0.15) is 0 Å². The molecule has 1 aromatic carbocycles. The van der Waals surface area contributed by atoms with Crippen molar-refractivity contribution in [2.75, 3.05) is 11.6 Å². The van der Waals surface area contributed by atoms with E-state index in [0.717, 1.165) is 5.56 Å². The van der Waals surface area contributed by atoms with Gasteiger partial charge in [0.25, 0.3) is 5.91 Å². The zero-order valence-corrected chi connectivity index (χ0v) is 12.2. The van der Waals surface area contributed by atoms with E-state index in [-0.39, 0.29) is 5.91 Å². The zero-order valence-electron chi connectivity index (χ0n) is 10.6. The number of amides is 1. The summed E-state index contributed by atoms with van der Waals surface area (Å²) in [7, 11) is 0. The van der Waals surface area contributed by atoms with Crippen LogP contribution in [-0.4, -0.2) is 17.1 Å². The number of hydrogen-bond donors (Lipinski definition) is 1. The van der Waals surface area contributed by atoms with Gasteiger partial charge in [0.1, 0.15) is 5.03 Å². The molecule has 0 aliphatic rings. The monoisotopic (exact) mass is 292 g/mol. The molecule has 2 rings (SSSR count). The minimum atomic E-state index is -0.205. The van der Waals surface area contributed by atoms with Crippen molar-refractivity contribution < 1.29 is 4.79 Å². The minimum Gasteiger partial charge on any atom is -0.321 e. The Labute approximate surface area is 121 Å². The topological polar surface area (TPSA) is 42.0 Å². The van der Waals surface area contributed by atoms with Gasteiger partial charge in [-0.3, -0.25) is 4.79 Å². The molecule has 19 heavy (non-hydrogen) atoms. The van der Waals surface area contributed by atoms with Gasteiger partial charge in [-0.1, -0.05) is 17.7 Å². The van der Waals surface area contributed by atoms with Crippen molar-refractivity contribution in [2.45, 2.75) is 11.9 Å². The average Bonchev–Trinajstić information content (AvgIpc) is 2.41. The van der Waals surface area contributed by atoms with E-state index in [4.69, 9.17) is 11.6 Å². The lowest BCUT2D eigenvalue weighted by Crippen LogP contribution is -2.13. The van der Waals surface area contributed by atoms with Gasteiger partial charge in [0.2, 0.25) is 0 Å². The number of carbonyl (C=O) groups excluding carboxylic acids is 1. The highest BCUT2D eigenvalue weighted by molar-refractivity contribution is 7.98. The van der Waals surface area contributed by atoms with Crippen molar-refractivity contribution >= 4 is 35.0 Å². The summed E-state index contributed by atoms with van der Waals surface area (Å²) in [6.07, 6.45) is 3.55. The number of nitrogens with one attached hydrogen (secondary N) is 1. The molecule has 0 saturated heterocycles. The predicted molar refractivity (Wildman–Crippen MR) is 80.2 cm³/mol. The van der Waals surface area contributed by atoms with Crippen LogP contribution < -0.4 is 5.32 Å². The molecule has 3 nitrogen and oxygen atoms in total. The van der Waals surface area contributed by atoms with E-state index in [9.17, 15) is 4.79 Å². The first-order chi connectivity index (χ1) is 9.11. The fraction of sp³-hybridized carbons (Fsp3) is 0.143. The van der Waals surface area contributed by atoms with E-state index in [0.29, 0.717) is 21.3 Å². The number of aromatic nitrogens is 1. The van der Waals surface area contributed by atoms with Crippen molar-refractivity contribution in [1.29, 1.82) is 0 Å². The zero-order chi connectivity index (χ0) is 13.8. The van der Waals surface area contributed by atoms with Crippen molar-refractivity contribution in [1.82, 2.24) is 4.98 Å². The summed E-state index contributed by atoms with van der Waals surface area (Å²) in [5, 5.41) is 4.03. The first kappa shape index (κ1) is 13.9. The first-order valence-electron chi connectivity index (χ1n) is 5.68. The summed E-state index contributed by atoms with van der Waals surface area (Å²) in [4.78, 5) is 16.4. The molecule has 2 aromatic rings. The highest BCUT2D eigenvalue weighted by Crippen LogP contribution is 2.24. The number of hydrogen-bond acceptors (Lipinski definition) is 3. The third-order valence-electron chi connectivity index (χ3n) is 2.58. The Morgan fingerprint density at radius 2 is 2.16 bits per heavy atom. The molecule has 0 saturated carbocycles. The smallest absolute Gasteiger partial charge is 0.258 e. The summed E-state index contributed by atoms with van der Waals surface area (Å²) in [5.41, 5.74) is 2.20. The summed E-state index contributed by atoms with van der Waals surface area (Å²) in [6, 6.07) is 9.00. The molecule has 0 unspecified atom stereocenters. The van der Waals surface area contributed by atoms with Gasteiger partial charge < -0.3 is 5.32 Å². The van der Waals surface area contributed by atoms with Crippen LogP contribution >= 0.6 is 23.4 Å². The molecule has 1 amide bonds. The van der Waals surface area contributed by atoms with Crippen LogP contribution in [0.4, 0.5) is 5.69 Å². The second-order valence-corrected chi connectivity index (χ2v) is 5.20. The number of anilines is 1. The lowest BCUT2D eigenvalue weighted by molar-refractivity contribution is 0.102. The van der Waals surface area contributed by atoms with E-state index in [1.54, 1.807) is 24.4 Å². The molecule has 98 valence electrons. The molecule has 0 fully saturated rings. The molecular formula is C14H13ClN2OS. The Morgan fingerprint density at radius 1 is 1.37 bits per heavy atom. The molecule has 0 spiro atoms. The van der Waals surface area contributed by atoms with Gasteiger partial charge in [0.15, 0.2) is 0 Å². The van der Waals surface area contributed by atoms with Gasteiger partial charge in [-0.15, -0.1) is 11.8 Å². The maximum absolute atomic E-state index is 12.2. The highest BCUT2D eigenvalue weighted by atomic mass is 35.5. The van der Waals surface area contributed by atoms with Gasteiger partial charge in [0.05, 0.1) is 16.3 Å². The fourth-order valence-corrected chi connectivity index (χ4v) is 2.47. The maximum Gasteiger partial charge on any atom is 0.258 e. The number of aryl methyl sites for hydroxylation is 1. The van der Waals surface area contributed by atoms with E-state index in [1.165, 1.54) is 11.8 Å². The number of rotatable bonds is 3. The van der Waals surface area contributed by atoms with Crippen molar-refractivity contribution in [3.8, 4) is 0 Å². The minimum absolute atomic E-state index is 0.205. The van der Waals surface area contributed by atoms with Crippen LogP contribution in [0.15, 0.2) is 41.6 Å².